The summed E-state index contributed by atoms with van der Waals surface area (Å²) in [5, 5.41) is 7.23. The van der Waals surface area contributed by atoms with Gasteiger partial charge in [0.1, 0.15) is 6.61 Å². The maximum Gasteiger partial charge on any atom is 0.240 e. The number of ether oxygens (including phenoxy) is 1. The molecule has 0 aliphatic rings. The van der Waals surface area contributed by atoms with Crippen molar-refractivity contribution in [3.05, 3.63) is 41.7 Å². The molecule has 0 atom stereocenters. The van der Waals surface area contributed by atoms with Gasteiger partial charge in [0, 0.05) is 17.9 Å². The summed E-state index contributed by atoms with van der Waals surface area (Å²) in [6, 6.07) is 7.91. The van der Waals surface area contributed by atoms with E-state index in [1.54, 1.807) is 12.1 Å². The number of anilines is 1. The third-order valence-electron chi connectivity index (χ3n) is 3.58. The summed E-state index contributed by atoms with van der Waals surface area (Å²) < 4.78 is 33.4. The summed E-state index contributed by atoms with van der Waals surface area (Å²) >= 11 is 5.18. The second-order valence-corrected chi connectivity index (χ2v) is 8.07. The van der Waals surface area contributed by atoms with Gasteiger partial charge in [-0.3, -0.25) is 0 Å². The zero-order valence-corrected chi connectivity index (χ0v) is 17.7. The molecule has 0 bridgehead atoms. The maximum absolute atomic E-state index is 12.2. The second-order valence-electron chi connectivity index (χ2n) is 5.92. The van der Waals surface area contributed by atoms with E-state index in [0.717, 1.165) is 11.4 Å². The Kier molecular flexibility index (Phi) is 7.86. The summed E-state index contributed by atoms with van der Waals surface area (Å²) in [6.45, 7) is 4.14. The Hall–Kier alpha value is -2.78. The molecule has 2 rings (SSSR count). The van der Waals surface area contributed by atoms with E-state index in [4.69, 9.17) is 29.1 Å². The van der Waals surface area contributed by atoms with Gasteiger partial charge in [0.05, 0.1) is 17.2 Å². The lowest BCUT2D eigenvalue weighted by molar-refractivity contribution is 0.173. The van der Waals surface area contributed by atoms with Crippen molar-refractivity contribution in [2.24, 2.45) is 10.7 Å². The van der Waals surface area contributed by atoms with E-state index in [9.17, 15) is 8.42 Å². The van der Waals surface area contributed by atoms with Gasteiger partial charge in [-0.1, -0.05) is 5.92 Å². The zero-order valence-electron chi connectivity index (χ0n) is 16.0. The van der Waals surface area contributed by atoms with E-state index in [1.807, 2.05) is 19.9 Å². The summed E-state index contributed by atoms with van der Waals surface area (Å²) in [5.74, 6) is 2.43. The molecule has 0 unspecified atom stereocenters. The van der Waals surface area contributed by atoms with Crippen LogP contribution in [0, 0.1) is 26.2 Å². The first-order chi connectivity index (χ1) is 13.7. The predicted molar refractivity (Wildman–Crippen MR) is 116 cm³/mol. The van der Waals surface area contributed by atoms with Crippen LogP contribution in [-0.4, -0.2) is 49.0 Å². The number of aromatic nitrogens is 2. The number of benzene rings is 1. The Bertz CT molecular complexity index is 1040. The number of terminal acetylenes is 1. The number of nitrogens with one attached hydrogen (secondary N) is 2. The van der Waals surface area contributed by atoms with Crippen molar-refractivity contribution in [1.29, 1.82) is 0 Å². The molecule has 0 amide bonds. The largest absolute Gasteiger partial charge is 0.368 e. The Balaban J connectivity index is 1.97. The molecule has 0 aliphatic carbocycles. The molecule has 0 saturated carbocycles. The molecular weight excluding hydrogens is 412 g/mol. The van der Waals surface area contributed by atoms with E-state index >= 15 is 0 Å². The average molecular weight is 435 g/mol. The Morgan fingerprint density at radius 1 is 1.38 bits per heavy atom. The number of aryl methyl sites for hydroxylation is 2. The van der Waals surface area contributed by atoms with Crippen LogP contribution in [0.3, 0.4) is 0 Å². The number of rotatable bonds is 7. The number of nitrogens with two attached hydrogens (primary N) is 1. The molecule has 0 aliphatic heterocycles. The lowest BCUT2D eigenvalue weighted by Gasteiger charge is -2.09. The highest BCUT2D eigenvalue weighted by Gasteiger charge is 2.13. The molecule has 0 saturated heterocycles. The van der Waals surface area contributed by atoms with Crippen molar-refractivity contribution in [3.63, 3.8) is 0 Å². The highest BCUT2D eigenvalue weighted by Crippen LogP contribution is 2.14. The Morgan fingerprint density at radius 3 is 2.66 bits per heavy atom. The topological polar surface area (TPSA) is 124 Å². The fraction of sp³-hybridized carbons (Fsp3) is 0.278. The van der Waals surface area contributed by atoms with Crippen molar-refractivity contribution in [2.75, 3.05) is 25.1 Å². The van der Waals surface area contributed by atoms with Crippen LogP contribution in [0.25, 0.3) is 0 Å². The summed E-state index contributed by atoms with van der Waals surface area (Å²) in [6.07, 6.45) is 5.05. The van der Waals surface area contributed by atoms with Crippen molar-refractivity contribution in [1.82, 2.24) is 14.5 Å². The Labute approximate surface area is 175 Å². The van der Waals surface area contributed by atoms with Crippen LogP contribution in [0.1, 0.15) is 11.4 Å². The third-order valence-corrected chi connectivity index (χ3v) is 5.25. The second kappa shape index (κ2) is 10.1. The molecule has 154 valence electrons. The maximum atomic E-state index is 12.2. The summed E-state index contributed by atoms with van der Waals surface area (Å²) in [7, 11) is -3.65. The number of aliphatic imine (C=N–C) groups is 1. The molecule has 0 radical (unpaired) electrons. The molecular formula is C18H22N6O3S2. The van der Waals surface area contributed by atoms with E-state index in [2.05, 4.69) is 26.1 Å². The van der Waals surface area contributed by atoms with Gasteiger partial charge >= 0.3 is 0 Å². The molecule has 1 heterocycles. The first-order valence-electron chi connectivity index (χ1n) is 8.52. The van der Waals surface area contributed by atoms with Crippen LogP contribution in [0.2, 0.25) is 0 Å². The Morgan fingerprint density at radius 2 is 2.07 bits per heavy atom. The first kappa shape index (κ1) is 22.5. The van der Waals surface area contributed by atoms with Crippen molar-refractivity contribution in [3.8, 4) is 12.3 Å². The summed E-state index contributed by atoms with van der Waals surface area (Å²) in [4.78, 5) is 4.22. The van der Waals surface area contributed by atoms with Gasteiger partial charge in [0.25, 0.3) is 0 Å². The van der Waals surface area contributed by atoms with E-state index in [0.29, 0.717) is 5.69 Å². The molecule has 29 heavy (non-hydrogen) atoms. The number of hydrogen-bond donors (Lipinski definition) is 3. The normalized spacial score (nSPS) is 11.8. The molecule has 4 N–H and O–H groups in total. The average Bonchev–Trinajstić information content (AvgIpc) is 3.00. The summed E-state index contributed by atoms with van der Waals surface area (Å²) in [5.41, 5.74) is 8.15. The van der Waals surface area contributed by atoms with Gasteiger partial charge in [0.2, 0.25) is 21.1 Å². The first-order valence-corrected chi connectivity index (χ1v) is 10.4. The van der Waals surface area contributed by atoms with Crippen LogP contribution in [0.5, 0.6) is 0 Å². The lowest BCUT2D eigenvalue weighted by atomic mass is 10.3. The highest BCUT2D eigenvalue weighted by molar-refractivity contribution is 7.89. The fourth-order valence-corrected chi connectivity index (χ4v) is 3.57. The van der Waals surface area contributed by atoms with Gasteiger partial charge in [-0.05, 0) is 56.4 Å². The fourth-order valence-electron chi connectivity index (χ4n) is 2.34. The van der Waals surface area contributed by atoms with Crippen LogP contribution in [0.15, 0.2) is 40.2 Å². The van der Waals surface area contributed by atoms with Gasteiger partial charge in [-0.15, -0.1) is 6.42 Å². The molecule has 2 aromatic rings. The molecule has 1 aromatic carbocycles. The van der Waals surface area contributed by atoms with Crippen LogP contribution in [-0.2, 0) is 14.8 Å². The van der Waals surface area contributed by atoms with Crippen molar-refractivity contribution < 1.29 is 13.2 Å². The van der Waals surface area contributed by atoms with Crippen LogP contribution < -0.4 is 15.8 Å². The smallest absolute Gasteiger partial charge is 0.240 e. The van der Waals surface area contributed by atoms with E-state index < -0.39 is 10.0 Å². The number of sulfonamides is 1. The van der Waals surface area contributed by atoms with Crippen LogP contribution >= 0.6 is 12.2 Å². The van der Waals surface area contributed by atoms with Crippen molar-refractivity contribution in [2.45, 2.75) is 18.7 Å². The van der Waals surface area contributed by atoms with Gasteiger partial charge in [0.15, 0.2) is 0 Å². The SMILES string of the molecule is C#CCOCCNS(=O)(=O)c1ccc(NC(=S)N=C(N)n2nc(C)cc2C)cc1. The minimum Gasteiger partial charge on any atom is -0.368 e. The van der Waals surface area contributed by atoms with Gasteiger partial charge in [-0.2, -0.15) is 10.1 Å². The highest BCUT2D eigenvalue weighted by atomic mass is 32.2. The molecule has 9 nitrogen and oxygen atoms in total. The number of nitrogens with zero attached hydrogens (tertiary/aromatic N) is 3. The molecule has 0 fully saturated rings. The van der Waals surface area contributed by atoms with Gasteiger partial charge < -0.3 is 15.8 Å². The standard InChI is InChI=1S/C18H22N6O3S2/c1-4-10-27-11-9-20-29(25,26)16-7-5-15(6-8-16)21-18(28)22-17(19)24-14(3)12-13(2)23-24/h1,5-8,12,20H,9-11H2,2-3H3,(H3,19,21,22,28). The predicted octanol–water partition coefficient (Wildman–Crippen LogP) is 0.988. The van der Waals surface area contributed by atoms with E-state index in [1.165, 1.54) is 16.8 Å². The van der Waals surface area contributed by atoms with E-state index in [-0.39, 0.29) is 35.7 Å². The monoisotopic (exact) mass is 434 g/mol. The quantitative estimate of drug-likeness (QED) is 0.195. The zero-order chi connectivity index (χ0) is 21.4. The van der Waals surface area contributed by atoms with Crippen LogP contribution in [0.4, 0.5) is 5.69 Å². The minimum atomic E-state index is -3.65. The lowest BCUT2D eigenvalue weighted by Crippen LogP contribution is -2.27. The molecule has 0 spiro atoms. The molecule has 11 heteroatoms. The van der Waals surface area contributed by atoms with Gasteiger partial charge in [-0.25, -0.2) is 17.8 Å². The van der Waals surface area contributed by atoms with Crippen molar-refractivity contribution >= 4 is 39.0 Å². The number of hydrogen-bond acceptors (Lipinski definition) is 5. The minimum absolute atomic E-state index is 0.108. The third kappa shape index (κ3) is 6.65. The molecule has 1 aromatic heterocycles. The number of thiocarbonyl (C=S) groups is 1.